The molecule has 2 heterocycles. The molecule has 0 fully saturated rings. The van der Waals surface area contributed by atoms with Crippen molar-refractivity contribution in [2.24, 2.45) is 0 Å². The largest absolute Gasteiger partial charge is 0.494 e. The number of unbranched alkanes of at least 4 members (excludes halogenated alkanes) is 4. The molecule has 0 saturated heterocycles. The summed E-state index contributed by atoms with van der Waals surface area (Å²) in [6.07, 6.45) is 5.63. The van der Waals surface area contributed by atoms with Gasteiger partial charge in [0.2, 0.25) is 0 Å². The predicted molar refractivity (Wildman–Crippen MR) is 203 cm³/mol. The molecule has 2 aromatic heterocycles. The fourth-order valence-corrected chi connectivity index (χ4v) is 5.76. The molecule has 0 aliphatic carbocycles. The van der Waals surface area contributed by atoms with E-state index in [1.54, 1.807) is 14.2 Å². The first-order chi connectivity index (χ1) is 25.9. The number of hydrogen-bond donors (Lipinski definition) is 1. The molecule has 12 heteroatoms. The van der Waals surface area contributed by atoms with E-state index in [4.69, 9.17) is 24.1 Å². The van der Waals surface area contributed by atoms with Crippen molar-refractivity contribution in [3.63, 3.8) is 0 Å². The molecule has 0 spiro atoms. The van der Waals surface area contributed by atoms with Crippen LogP contribution in [0.3, 0.4) is 0 Å². The van der Waals surface area contributed by atoms with Crippen LogP contribution in [0.1, 0.15) is 51.4 Å². The zero-order valence-corrected chi connectivity index (χ0v) is 30.4. The van der Waals surface area contributed by atoms with E-state index in [0.29, 0.717) is 38.1 Å². The summed E-state index contributed by atoms with van der Waals surface area (Å²) >= 11 is 0. The van der Waals surface area contributed by atoms with E-state index in [-0.39, 0.29) is 12.4 Å². The Bertz CT molecular complexity index is 2060. The van der Waals surface area contributed by atoms with Crippen LogP contribution in [0.2, 0.25) is 0 Å². The smallest absolute Gasteiger partial charge is 0.305 e. The molecule has 278 valence electrons. The summed E-state index contributed by atoms with van der Waals surface area (Å²) in [6.45, 7) is 1.16. The number of para-hydroxylation sites is 2. The molecule has 6 rings (SSSR count). The van der Waals surface area contributed by atoms with E-state index < -0.39 is 5.97 Å². The number of aliphatic carboxylic acids is 1. The number of aromatic nitrogens is 4. The second-order valence-electron chi connectivity index (χ2n) is 12.1. The van der Waals surface area contributed by atoms with Gasteiger partial charge < -0.3 is 28.8 Å². The minimum atomic E-state index is -0.750. The summed E-state index contributed by atoms with van der Waals surface area (Å²) < 4.78 is 31.2. The summed E-state index contributed by atoms with van der Waals surface area (Å²) in [4.78, 5) is 30.6. The van der Waals surface area contributed by atoms with Crippen LogP contribution in [0.15, 0.2) is 97.1 Å². The number of benzene rings is 4. The lowest BCUT2D eigenvalue weighted by Gasteiger charge is -2.09. The average Bonchev–Trinajstić information content (AvgIpc) is 3.75. The van der Waals surface area contributed by atoms with Crippen molar-refractivity contribution in [2.45, 2.75) is 51.4 Å². The van der Waals surface area contributed by atoms with Crippen LogP contribution in [-0.2, 0) is 14.3 Å². The summed E-state index contributed by atoms with van der Waals surface area (Å²) in [7, 11) is 4.64. The summed E-state index contributed by atoms with van der Waals surface area (Å²) in [6, 6.07) is 32.5. The van der Waals surface area contributed by atoms with Crippen molar-refractivity contribution < 1.29 is 38.4 Å². The molecule has 0 amide bonds. The number of carbonyl (C=O) groups is 2. The maximum absolute atomic E-state index is 11.1. The van der Waals surface area contributed by atoms with Gasteiger partial charge in [0.25, 0.3) is 0 Å². The Morgan fingerprint density at radius 2 is 1.04 bits per heavy atom. The Morgan fingerprint density at radius 1 is 0.585 bits per heavy atom. The second kappa shape index (κ2) is 19.5. The summed E-state index contributed by atoms with van der Waals surface area (Å²) in [5, 5.41) is 8.64. The van der Waals surface area contributed by atoms with E-state index in [1.165, 1.54) is 7.11 Å². The lowest BCUT2D eigenvalue weighted by Crippen LogP contribution is -2.01. The van der Waals surface area contributed by atoms with Gasteiger partial charge in [0.15, 0.2) is 0 Å². The molecule has 0 saturated carbocycles. The van der Waals surface area contributed by atoms with Gasteiger partial charge in [0.1, 0.15) is 11.5 Å². The van der Waals surface area contributed by atoms with Crippen LogP contribution < -0.4 is 18.9 Å². The average molecular weight is 723 g/mol. The number of rotatable bonds is 18. The van der Waals surface area contributed by atoms with Gasteiger partial charge >= 0.3 is 24.0 Å². The third-order valence-electron chi connectivity index (χ3n) is 8.41. The number of carboxylic acids is 1. The van der Waals surface area contributed by atoms with Gasteiger partial charge in [0, 0.05) is 25.0 Å². The van der Waals surface area contributed by atoms with E-state index >= 15 is 0 Å². The van der Waals surface area contributed by atoms with Crippen LogP contribution in [0, 0.1) is 0 Å². The predicted octanol–water partition coefficient (Wildman–Crippen LogP) is 8.20. The van der Waals surface area contributed by atoms with Gasteiger partial charge in [-0.15, -0.1) is 0 Å². The highest BCUT2D eigenvalue weighted by atomic mass is 16.5. The normalized spacial score (nSPS) is 10.8. The number of imidazole rings is 2. The van der Waals surface area contributed by atoms with E-state index in [1.807, 2.05) is 106 Å². The topological polar surface area (TPSA) is 136 Å². The zero-order chi connectivity index (χ0) is 37.4. The van der Waals surface area contributed by atoms with E-state index in [0.717, 1.165) is 77.0 Å². The highest BCUT2D eigenvalue weighted by Crippen LogP contribution is 2.30. The monoisotopic (exact) mass is 722 g/mol. The SMILES string of the molecule is COC(=O)CCCCCOc1ccc2nc(OC)n(-c3ccccc3)c2c1.COc1nc2ccc(OCCCCCC(=O)O)cc2n1-c1ccccc1. The first-order valence-electron chi connectivity index (χ1n) is 17.7. The Morgan fingerprint density at radius 3 is 1.45 bits per heavy atom. The van der Waals surface area contributed by atoms with Crippen LogP contribution in [0.4, 0.5) is 0 Å². The molecule has 4 aromatic carbocycles. The maximum atomic E-state index is 11.1. The van der Waals surface area contributed by atoms with Crippen LogP contribution in [0.5, 0.6) is 23.5 Å². The van der Waals surface area contributed by atoms with E-state index in [2.05, 4.69) is 14.7 Å². The van der Waals surface area contributed by atoms with Crippen molar-refractivity contribution in [1.29, 1.82) is 0 Å². The van der Waals surface area contributed by atoms with Gasteiger partial charge in [-0.2, -0.15) is 9.97 Å². The summed E-state index contributed by atoms with van der Waals surface area (Å²) in [5.74, 6) is 0.634. The molecule has 1 N–H and O–H groups in total. The van der Waals surface area contributed by atoms with E-state index in [9.17, 15) is 9.59 Å². The minimum absolute atomic E-state index is 0.163. The van der Waals surface area contributed by atoms with Gasteiger partial charge in [-0.1, -0.05) is 36.4 Å². The van der Waals surface area contributed by atoms with Gasteiger partial charge in [0.05, 0.1) is 68.0 Å². The van der Waals surface area contributed by atoms with Gasteiger partial charge in [-0.05, 0) is 87.1 Å². The summed E-state index contributed by atoms with van der Waals surface area (Å²) in [5.41, 5.74) is 5.48. The Labute approximate surface area is 308 Å². The minimum Gasteiger partial charge on any atom is -0.494 e. The Kier molecular flexibility index (Phi) is 14.1. The van der Waals surface area contributed by atoms with Crippen molar-refractivity contribution >= 4 is 34.0 Å². The van der Waals surface area contributed by atoms with Crippen LogP contribution >= 0.6 is 0 Å². The molecule has 0 aliphatic rings. The lowest BCUT2D eigenvalue weighted by molar-refractivity contribution is -0.141. The zero-order valence-electron chi connectivity index (χ0n) is 30.4. The third kappa shape index (κ3) is 10.5. The molecule has 12 nitrogen and oxygen atoms in total. The van der Waals surface area contributed by atoms with Crippen molar-refractivity contribution in [1.82, 2.24) is 19.1 Å². The number of hydrogen-bond acceptors (Lipinski definition) is 9. The third-order valence-corrected chi connectivity index (χ3v) is 8.41. The fraction of sp³-hybridized carbons (Fsp3) is 0.317. The molecule has 0 unspecified atom stereocenters. The highest BCUT2D eigenvalue weighted by Gasteiger charge is 2.15. The van der Waals surface area contributed by atoms with Gasteiger partial charge in [-0.3, -0.25) is 18.7 Å². The maximum Gasteiger partial charge on any atom is 0.305 e. The molecule has 0 radical (unpaired) electrons. The number of carboxylic acid groups (broad SMARTS) is 1. The van der Waals surface area contributed by atoms with Crippen molar-refractivity contribution in [3.05, 3.63) is 97.1 Å². The van der Waals surface area contributed by atoms with Gasteiger partial charge in [-0.25, -0.2) is 0 Å². The van der Waals surface area contributed by atoms with Crippen LogP contribution in [0.25, 0.3) is 33.4 Å². The molecule has 6 aromatic rings. The molecule has 0 atom stereocenters. The molecular formula is C41H46N4O8. The molecule has 0 bridgehead atoms. The standard InChI is InChI=1S/C21H24N2O4.C20H22N2O4/c1-25-20(24)11-7-4-8-14-27-17-12-13-18-19(15-17)23(21(22-18)26-2)16-9-5-3-6-10-16;1-25-20-21-17-12-11-16(26-13-7-3-6-10-19(23)24)14-18(17)22(20)15-8-4-2-5-9-15/h3,5-6,9-10,12-13,15H,4,7-8,11,14H2,1-2H3;2,4-5,8-9,11-12,14H,3,6-7,10,13H2,1H3,(H,23,24). The Balaban J connectivity index is 0.000000204. The number of fused-ring (bicyclic) bond motifs is 2. The first-order valence-corrected chi connectivity index (χ1v) is 17.7. The molecular weight excluding hydrogens is 676 g/mol. The lowest BCUT2D eigenvalue weighted by atomic mass is 10.2. The fourth-order valence-electron chi connectivity index (χ4n) is 5.76. The molecule has 0 aliphatic heterocycles. The number of carbonyl (C=O) groups excluding carboxylic acids is 1. The number of ether oxygens (including phenoxy) is 5. The number of esters is 1. The highest BCUT2D eigenvalue weighted by molar-refractivity contribution is 5.81. The number of methoxy groups -OCH3 is 3. The van der Waals surface area contributed by atoms with Crippen molar-refractivity contribution in [2.75, 3.05) is 34.5 Å². The first kappa shape index (κ1) is 38.2. The number of nitrogens with zero attached hydrogens (tertiary/aromatic N) is 4. The molecule has 53 heavy (non-hydrogen) atoms. The van der Waals surface area contributed by atoms with Crippen LogP contribution in [-0.4, -0.2) is 70.7 Å². The quantitative estimate of drug-likeness (QED) is 0.0683. The second-order valence-corrected chi connectivity index (χ2v) is 12.1. The Hall–Kier alpha value is -6.04. The van der Waals surface area contributed by atoms with Crippen molar-refractivity contribution in [3.8, 4) is 34.9 Å².